The summed E-state index contributed by atoms with van der Waals surface area (Å²) in [7, 11) is 0. The van der Waals surface area contributed by atoms with E-state index in [1.165, 1.54) is 0 Å². The lowest BCUT2D eigenvalue weighted by Gasteiger charge is -2.11. The molecule has 0 spiro atoms. The Bertz CT molecular complexity index is 123. The van der Waals surface area contributed by atoms with E-state index in [4.69, 9.17) is 15.9 Å². The van der Waals surface area contributed by atoms with Gasteiger partial charge >= 0.3 is 0 Å². The zero-order valence-electron chi connectivity index (χ0n) is 5.57. The van der Waals surface area contributed by atoms with Gasteiger partial charge in [0.25, 0.3) is 0 Å². The van der Waals surface area contributed by atoms with Crippen LogP contribution in [0.1, 0.15) is 13.8 Å². The van der Waals surface area contributed by atoms with Gasteiger partial charge in [-0.1, -0.05) is 7.43 Å². The minimum atomic E-state index is -1.36. The van der Waals surface area contributed by atoms with Crippen LogP contribution < -0.4 is 5.73 Å². The van der Waals surface area contributed by atoms with Gasteiger partial charge in [0.2, 0.25) is 0 Å². The normalized spacial score (nSPS) is 43.6. The van der Waals surface area contributed by atoms with Crippen molar-refractivity contribution in [2.45, 2.75) is 32.2 Å². The Morgan fingerprint density at radius 3 is 2.27 bits per heavy atom. The van der Waals surface area contributed by atoms with E-state index in [0.717, 1.165) is 0 Å². The molecule has 0 aliphatic heterocycles. The van der Waals surface area contributed by atoms with Gasteiger partial charge in [0.1, 0.15) is 6.17 Å². The van der Waals surface area contributed by atoms with E-state index >= 15 is 0 Å². The molecule has 1 rings (SSSR count). The number of hydrogen-bond donors (Lipinski definition) is 3. The average Bonchev–Trinajstić information content (AvgIpc) is 2.17. The van der Waals surface area contributed by atoms with E-state index < -0.39 is 18.3 Å². The van der Waals surface area contributed by atoms with Crippen LogP contribution in [0, 0.1) is 5.92 Å². The van der Waals surface area contributed by atoms with E-state index in [1.54, 1.807) is 0 Å². The quantitative estimate of drug-likeness (QED) is 0.498. The van der Waals surface area contributed by atoms with Crippen molar-refractivity contribution in [1.82, 2.24) is 0 Å². The lowest BCUT2D eigenvalue weighted by Crippen LogP contribution is -2.32. The van der Waals surface area contributed by atoms with Crippen molar-refractivity contribution in [3.8, 4) is 0 Å². The number of aliphatic hydroxyl groups excluding tert-OH is 2. The molecule has 1 aliphatic carbocycles. The Kier molecular flexibility index (Phi) is 3.92. The fourth-order valence-corrected chi connectivity index (χ4v) is 1.31. The van der Waals surface area contributed by atoms with E-state index in [2.05, 4.69) is 0 Å². The summed E-state index contributed by atoms with van der Waals surface area (Å²) >= 11 is 0. The number of hydrogen-bond acceptors (Lipinski definition) is 3. The Balaban J connectivity index is 0.000001000. The van der Waals surface area contributed by atoms with Crippen LogP contribution >= 0.6 is 0 Å². The molecule has 0 heterocycles. The molecule has 1 aliphatic rings. The molecule has 3 nitrogen and oxygen atoms in total. The highest BCUT2D eigenvalue weighted by atomic mass is 19.1. The van der Waals surface area contributed by atoms with Gasteiger partial charge in [-0.15, -0.1) is 0 Å². The molecule has 1 fully saturated rings. The van der Waals surface area contributed by atoms with Crippen LogP contribution in [-0.2, 0) is 0 Å². The predicted octanol–water partition coefficient (Wildman–Crippen LogP) is -0.339. The summed E-state index contributed by atoms with van der Waals surface area (Å²) in [6, 6.07) is -0.604. The lowest BCUT2D eigenvalue weighted by molar-refractivity contribution is 0.0436. The molecule has 68 valence electrons. The largest absolute Gasteiger partial charge is 0.396 e. The fraction of sp³-hybridized carbons (Fsp3) is 1.00. The Morgan fingerprint density at radius 2 is 2.09 bits per heavy atom. The number of aliphatic hydroxyl groups is 2. The van der Waals surface area contributed by atoms with E-state index in [1.807, 2.05) is 0 Å². The van der Waals surface area contributed by atoms with Crippen LogP contribution in [0.3, 0.4) is 0 Å². The third-order valence-electron chi connectivity index (χ3n) is 2.03. The van der Waals surface area contributed by atoms with Gasteiger partial charge in [-0.2, -0.15) is 0 Å². The number of rotatable bonds is 1. The van der Waals surface area contributed by atoms with E-state index in [9.17, 15) is 4.39 Å². The molecule has 4 N–H and O–H groups in total. The third-order valence-corrected chi connectivity index (χ3v) is 2.03. The predicted molar refractivity (Wildman–Crippen MR) is 40.8 cm³/mol. The lowest BCUT2D eigenvalue weighted by atomic mass is 10.1. The molecule has 0 aromatic heterocycles. The Hall–Kier alpha value is -0.190. The highest BCUT2D eigenvalue weighted by Crippen LogP contribution is 2.26. The molecule has 0 radical (unpaired) electrons. The molecule has 0 aromatic rings. The summed E-state index contributed by atoms with van der Waals surface area (Å²) in [6.07, 6.45) is -2.06. The second kappa shape index (κ2) is 3.99. The van der Waals surface area contributed by atoms with Gasteiger partial charge in [0.05, 0.1) is 6.10 Å². The first-order valence-electron chi connectivity index (χ1n) is 3.35. The minimum absolute atomic E-state index is 0. The standard InChI is InChI=1S/C6H12FNO2.CH4/c7-5-4(8)1-3(2-9)6(5)10;/h3-6,9-10H,1-2,8H2;1H4/t3-,4-,5+,6-;/m1./s1. The molecule has 0 saturated heterocycles. The van der Waals surface area contributed by atoms with Crippen LogP contribution in [0.2, 0.25) is 0 Å². The highest BCUT2D eigenvalue weighted by Gasteiger charge is 2.40. The first kappa shape index (κ1) is 10.8. The number of halogens is 1. The first-order valence-corrected chi connectivity index (χ1v) is 3.35. The van der Waals surface area contributed by atoms with Crippen LogP contribution in [0.15, 0.2) is 0 Å². The molecule has 0 bridgehead atoms. The first-order chi connectivity index (χ1) is 4.66. The van der Waals surface area contributed by atoms with Crippen molar-refractivity contribution in [3.05, 3.63) is 0 Å². The molecular weight excluding hydrogens is 149 g/mol. The molecule has 1 saturated carbocycles. The van der Waals surface area contributed by atoms with Crippen molar-refractivity contribution < 1.29 is 14.6 Å². The van der Waals surface area contributed by atoms with E-state index in [0.29, 0.717) is 6.42 Å². The second-order valence-corrected chi connectivity index (χ2v) is 2.78. The molecule has 0 unspecified atom stereocenters. The molecule has 0 aromatic carbocycles. The summed E-state index contributed by atoms with van der Waals surface area (Å²) in [5.74, 6) is -0.370. The Labute approximate surface area is 66.0 Å². The van der Waals surface area contributed by atoms with Gasteiger partial charge in [-0.05, 0) is 6.42 Å². The molecule has 0 amide bonds. The van der Waals surface area contributed by atoms with Gasteiger partial charge in [-0.25, -0.2) is 4.39 Å². The average molecular weight is 165 g/mol. The zero-order valence-corrected chi connectivity index (χ0v) is 5.57. The fourth-order valence-electron chi connectivity index (χ4n) is 1.31. The van der Waals surface area contributed by atoms with Crippen molar-refractivity contribution in [1.29, 1.82) is 0 Å². The maximum Gasteiger partial charge on any atom is 0.141 e. The number of nitrogens with two attached hydrogens (primary N) is 1. The van der Waals surface area contributed by atoms with Crippen molar-refractivity contribution in [2.24, 2.45) is 11.7 Å². The van der Waals surface area contributed by atoms with Gasteiger partial charge in [0, 0.05) is 18.6 Å². The molecule has 11 heavy (non-hydrogen) atoms. The summed E-state index contributed by atoms with van der Waals surface area (Å²) < 4.78 is 12.7. The van der Waals surface area contributed by atoms with Crippen LogP contribution in [0.25, 0.3) is 0 Å². The van der Waals surface area contributed by atoms with Crippen molar-refractivity contribution >= 4 is 0 Å². The SMILES string of the molecule is C.N[C@@H]1C[C@H](CO)[C@@H](O)[C@H]1F. The van der Waals surface area contributed by atoms with Crippen LogP contribution in [0.4, 0.5) is 4.39 Å². The van der Waals surface area contributed by atoms with Crippen molar-refractivity contribution in [3.63, 3.8) is 0 Å². The summed E-state index contributed by atoms with van der Waals surface area (Å²) in [5, 5.41) is 17.6. The molecule has 4 atom stereocenters. The van der Waals surface area contributed by atoms with E-state index in [-0.39, 0.29) is 20.0 Å². The monoisotopic (exact) mass is 165 g/mol. The van der Waals surface area contributed by atoms with Gasteiger partial charge in [-0.3, -0.25) is 0 Å². The molecule has 4 heteroatoms. The maximum atomic E-state index is 12.7. The zero-order chi connectivity index (χ0) is 7.72. The van der Waals surface area contributed by atoms with Crippen molar-refractivity contribution in [2.75, 3.05) is 6.61 Å². The summed E-state index contributed by atoms with van der Waals surface area (Å²) in [4.78, 5) is 0. The smallest absolute Gasteiger partial charge is 0.141 e. The third kappa shape index (κ3) is 1.89. The van der Waals surface area contributed by atoms with Crippen LogP contribution in [-0.4, -0.2) is 35.1 Å². The van der Waals surface area contributed by atoms with Gasteiger partial charge < -0.3 is 15.9 Å². The van der Waals surface area contributed by atoms with Gasteiger partial charge in [0.15, 0.2) is 0 Å². The highest BCUT2D eigenvalue weighted by molar-refractivity contribution is 4.93. The molecular formula is C7H16FNO2. The minimum Gasteiger partial charge on any atom is -0.396 e. The van der Waals surface area contributed by atoms with Crippen LogP contribution in [0.5, 0.6) is 0 Å². The Morgan fingerprint density at radius 1 is 1.55 bits per heavy atom. The second-order valence-electron chi connectivity index (χ2n) is 2.78. The summed E-state index contributed by atoms with van der Waals surface area (Å²) in [5.41, 5.74) is 5.29. The maximum absolute atomic E-state index is 12.7. The summed E-state index contributed by atoms with van der Waals surface area (Å²) in [6.45, 7) is -0.185. The number of alkyl halides is 1. The topological polar surface area (TPSA) is 66.5 Å².